The van der Waals surface area contributed by atoms with Gasteiger partial charge in [0.1, 0.15) is 5.00 Å². The summed E-state index contributed by atoms with van der Waals surface area (Å²) in [5.41, 5.74) is 1.21. The third-order valence-electron chi connectivity index (χ3n) is 3.46. The van der Waals surface area contributed by atoms with Gasteiger partial charge in [-0.2, -0.15) is 17.5 Å². The Balaban J connectivity index is 1.67. The first-order valence-electron chi connectivity index (χ1n) is 7.40. The Labute approximate surface area is 146 Å². The topological polar surface area (TPSA) is 42.0 Å². The zero-order chi connectivity index (χ0) is 17.9. The van der Waals surface area contributed by atoms with Gasteiger partial charge in [0.2, 0.25) is 5.91 Å². The first kappa shape index (κ1) is 17.2. The van der Waals surface area contributed by atoms with Gasteiger partial charge >= 0.3 is 6.18 Å². The average Bonchev–Trinajstić information content (AvgIpc) is 3.03. The van der Waals surface area contributed by atoms with Crippen LogP contribution in [-0.2, 0) is 17.4 Å². The lowest BCUT2D eigenvalue weighted by Crippen LogP contribution is -2.14. The molecular weight excluding hydrogens is 349 g/mol. The van der Waals surface area contributed by atoms with E-state index in [9.17, 15) is 18.0 Å². The van der Waals surface area contributed by atoms with Gasteiger partial charge in [-0.3, -0.25) is 4.79 Å². The predicted molar refractivity (Wildman–Crippen MR) is 91.3 cm³/mol. The lowest BCUT2D eigenvalue weighted by molar-refractivity contribution is -0.137. The van der Waals surface area contributed by atoms with Crippen molar-refractivity contribution in [3.05, 3.63) is 71.8 Å². The first-order chi connectivity index (χ1) is 11.9. The maximum Gasteiger partial charge on any atom is 0.416 e. The number of amides is 1. The van der Waals surface area contributed by atoms with Crippen LogP contribution in [0.25, 0.3) is 11.3 Å². The third kappa shape index (κ3) is 4.45. The fourth-order valence-electron chi connectivity index (χ4n) is 2.30. The summed E-state index contributed by atoms with van der Waals surface area (Å²) >= 11 is 1.13. The zero-order valence-corrected chi connectivity index (χ0v) is 13.7. The molecule has 1 amide bonds. The molecule has 2 aromatic carbocycles. The molecule has 0 saturated carbocycles. The van der Waals surface area contributed by atoms with Crippen molar-refractivity contribution < 1.29 is 18.0 Å². The minimum atomic E-state index is -4.42. The number of benzene rings is 2. The smallest absolute Gasteiger partial charge is 0.316 e. The van der Waals surface area contributed by atoms with Crippen LogP contribution in [-0.4, -0.2) is 10.3 Å². The normalized spacial score (nSPS) is 11.3. The minimum absolute atomic E-state index is 0.136. The molecule has 0 aliphatic rings. The van der Waals surface area contributed by atoms with Crippen molar-refractivity contribution in [2.75, 3.05) is 5.32 Å². The van der Waals surface area contributed by atoms with Crippen LogP contribution >= 0.6 is 11.5 Å². The fourth-order valence-corrected chi connectivity index (χ4v) is 2.98. The molecular formula is C18H13F3N2OS. The van der Waals surface area contributed by atoms with Crippen LogP contribution in [0.2, 0.25) is 0 Å². The molecule has 1 heterocycles. The molecule has 7 heteroatoms. The number of nitrogens with zero attached hydrogens (tertiary/aromatic N) is 1. The number of anilines is 1. The van der Waals surface area contributed by atoms with Crippen molar-refractivity contribution in [1.82, 2.24) is 4.37 Å². The molecule has 1 aromatic heterocycles. The van der Waals surface area contributed by atoms with Crippen molar-refractivity contribution >= 4 is 22.4 Å². The van der Waals surface area contributed by atoms with Gasteiger partial charge in [0.15, 0.2) is 0 Å². The Morgan fingerprint density at radius 1 is 1.04 bits per heavy atom. The number of halogens is 3. The molecule has 0 aliphatic carbocycles. The van der Waals surface area contributed by atoms with Crippen LogP contribution in [0.3, 0.4) is 0 Å². The second kappa shape index (κ2) is 7.06. The number of hydrogen-bond donors (Lipinski definition) is 1. The molecule has 25 heavy (non-hydrogen) atoms. The molecule has 0 atom stereocenters. The van der Waals surface area contributed by atoms with Crippen LogP contribution in [0.15, 0.2) is 60.7 Å². The zero-order valence-electron chi connectivity index (χ0n) is 12.9. The summed E-state index contributed by atoms with van der Waals surface area (Å²) in [6.45, 7) is 0. The summed E-state index contributed by atoms with van der Waals surface area (Å²) in [5.74, 6) is -0.386. The standard InChI is InChI=1S/C18H13F3N2OS/c19-18(20,21)14-8-4-5-12(9-14)10-16(24)22-17-11-15(23-25-17)13-6-2-1-3-7-13/h1-9,11H,10H2,(H,22,24). The molecule has 0 spiro atoms. The number of alkyl halides is 3. The molecule has 1 N–H and O–H groups in total. The van der Waals surface area contributed by atoms with Gasteiger partial charge in [-0.25, -0.2) is 0 Å². The number of nitrogens with one attached hydrogen (secondary N) is 1. The van der Waals surface area contributed by atoms with E-state index in [0.29, 0.717) is 10.6 Å². The maximum absolute atomic E-state index is 12.7. The Kier molecular flexibility index (Phi) is 4.85. The van der Waals surface area contributed by atoms with Gasteiger partial charge in [0.25, 0.3) is 0 Å². The van der Waals surface area contributed by atoms with Crippen molar-refractivity contribution in [3.63, 3.8) is 0 Å². The third-order valence-corrected chi connectivity index (χ3v) is 4.17. The number of carbonyl (C=O) groups is 1. The van der Waals surface area contributed by atoms with Crippen molar-refractivity contribution in [3.8, 4) is 11.3 Å². The SMILES string of the molecule is O=C(Cc1cccc(C(F)(F)F)c1)Nc1cc(-c2ccccc2)ns1. The Hall–Kier alpha value is -2.67. The highest BCUT2D eigenvalue weighted by Gasteiger charge is 2.30. The van der Waals surface area contributed by atoms with E-state index in [2.05, 4.69) is 9.69 Å². The molecule has 3 nitrogen and oxygen atoms in total. The molecule has 0 radical (unpaired) electrons. The monoisotopic (exact) mass is 362 g/mol. The Morgan fingerprint density at radius 3 is 2.52 bits per heavy atom. The molecule has 0 fully saturated rings. The lowest BCUT2D eigenvalue weighted by atomic mass is 10.1. The van der Waals surface area contributed by atoms with Gasteiger partial charge < -0.3 is 5.32 Å². The van der Waals surface area contributed by atoms with Crippen molar-refractivity contribution in [1.29, 1.82) is 0 Å². The van der Waals surface area contributed by atoms with Gasteiger partial charge in [-0.05, 0) is 23.2 Å². The van der Waals surface area contributed by atoms with E-state index >= 15 is 0 Å². The largest absolute Gasteiger partial charge is 0.416 e. The summed E-state index contributed by atoms with van der Waals surface area (Å²) in [4.78, 5) is 12.1. The highest BCUT2D eigenvalue weighted by Crippen LogP contribution is 2.30. The van der Waals surface area contributed by atoms with Gasteiger partial charge in [-0.15, -0.1) is 0 Å². The van der Waals surface area contributed by atoms with Gasteiger partial charge in [0.05, 0.1) is 17.7 Å². The van der Waals surface area contributed by atoms with E-state index in [4.69, 9.17) is 0 Å². The molecule has 3 aromatic rings. The van der Waals surface area contributed by atoms with Crippen LogP contribution < -0.4 is 5.32 Å². The van der Waals surface area contributed by atoms with Crippen LogP contribution in [0.1, 0.15) is 11.1 Å². The van der Waals surface area contributed by atoms with Crippen LogP contribution in [0, 0.1) is 0 Å². The second-order valence-corrected chi connectivity index (χ2v) is 6.17. The number of rotatable bonds is 4. The summed E-state index contributed by atoms with van der Waals surface area (Å²) in [6.07, 6.45) is -4.56. The van der Waals surface area contributed by atoms with E-state index in [1.54, 1.807) is 6.07 Å². The van der Waals surface area contributed by atoms with Crippen LogP contribution in [0.4, 0.5) is 18.2 Å². The molecule has 3 rings (SSSR count). The first-order valence-corrected chi connectivity index (χ1v) is 8.17. The molecule has 128 valence electrons. The van der Waals surface area contributed by atoms with Gasteiger partial charge in [-0.1, -0.05) is 48.5 Å². The molecule has 0 saturated heterocycles. The number of aromatic nitrogens is 1. The molecule has 0 unspecified atom stereocenters. The van der Waals surface area contributed by atoms with E-state index in [-0.39, 0.29) is 12.3 Å². The van der Waals surface area contributed by atoms with E-state index in [0.717, 1.165) is 34.9 Å². The van der Waals surface area contributed by atoms with E-state index in [1.165, 1.54) is 12.1 Å². The average molecular weight is 362 g/mol. The molecule has 0 bridgehead atoms. The van der Waals surface area contributed by atoms with Crippen molar-refractivity contribution in [2.45, 2.75) is 12.6 Å². The molecule has 0 aliphatic heterocycles. The second-order valence-electron chi connectivity index (χ2n) is 5.37. The summed E-state index contributed by atoms with van der Waals surface area (Å²) < 4.78 is 42.4. The number of carbonyl (C=O) groups excluding carboxylic acids is 1. The fraction of sp³-hybridized carbons (Fsp3) is 0.111. The highest BCUT2D eigenvalue weighted by molar-refractivity contribution is 7.10. The van der Waals surface area contributed by atoms with Crippen LogP contribution in [0.5, 0.6) is 0 Å². The minimum Gasteiger partial charge on any atom is -0.316 e. The highest BCUT2D eigenvalue weighted by atomic mass is 32.1. The summed E-state index contributed by atoms with van der Waals surface area (Å²) in [7, 11) is 0. The lowest BCUT2D eigenvalue weighted by Gasteiger charge is -2.08. The predicted octanol–water partition coefficient (Wildman–Crippen LogP) is 5.01. The Bertz CT molecular complexity index is 875. The number of hydrogen-bond acceptors (Lipinski definition) is 3. The van der Waals surface area contributed by atoms with Gasteiger partial charge in [0, 0.05) is 11.6 Å². The summed E-state index contributed by atoms with van der Waals surface area (Å²) in [5, 5.41) is 3.23. The Morgan fingerprint density at radius 2 is 1.80 bits per heavy atom. The van der Waals surface area contributed by atoms with E-state index < -0.39 is 11.7 Å². The quantitative estimate of drug-likeness (QED) is 0.709. The summed E-state index contributed by atoms with van der Waals surface area (Å²) in [6, 6.07) is 16.0. The maximum atomic E-state index is 12.7. The van der Waals surface area contributed by atoms with Crippen molar-refractivity contribution in [2.24, 2.45) is 0 Å². The van der Waals surface area contributed by atoms with E-state index in [1.807, 2.05) is 30.3 Å².